The second-order valence-electron chi connectivity index (χ2n) is 5.95. The predicted octanol–water partition coefficient (Wildman–Crippen LogP) is 1.80. The fourth-order valence-electron chi connectivity index (χ4n) is 2.91. The number of nitrogens with one attached hydrogen (secondary N) is 2. The van der Waals surface area contributed by atoms with Gasteiger partial charge < -0.3 is 20.1 Å². The van der Waals surface area contributed by atoms with Gasteiger partial charge in [-0.2, -0.15) is 0 Å². The van der Waals surface area contributed by atoms with E-state index in [2.05, 4.69) is 51.7 Å². The highest BCUT2D eigenvalue weighted by atomic mass is 127. The van der Waals surface area contributed by atoms with Crippen LogP contribution in [0.2, 0.25) is 0 Å². The monoisotopic (exact) mass is 462 g/mol. The number of hydrogen-bond donors (Lipinski definition) is 2. The van der Waals surface area contributed by atoms with Gasteiger partial charge in [-0.05, 0) is 12.5 Å². The molecule has 0 aromatic heterocycles. The van der Waals surface area contributed by atoms with Gasteiger partial charge in [-0.25, -0.2) is 0 Å². The van der Waals surface area contributed by atoms with Gasteiger partial charge >= 0.3 is 0 Å². The molecule has 1 aliphatic rings. The molecule has 2 rings (SSSR count). The first kappa shape index (κ1) is 22.1. The Hall–Kier alpha value is -0.900. The number of ether oxygens (including phenoxy) is 2. The number of halogens is 1. The number of aryl methyl sites for hydroxylation is 1. The second-order valence-corrected chi connectivity index (χ2v) is 5.95. The van der Waals surface area contributed by atoms with E-state index in [1.54, 1.807) is 14.2 Å². The average Bonchev–Trinajstić information content (AvgIpc) is 2.61. The van der Waals surface area contributed by atoms with E-state index in [1.807, 2.05) is 0 Å². The molecule has 1 aliphatic heterocycles. The SMILES string of the molecule is CN=C(NCCOC)NCC(c1cccc(C)c1)N1CCOCC1.I. The Morgan fingerprint density at radius 3 is 2.72 bits per heavy atom. The summed E-state index contributed by atoms with van der Waals surface area (Å²) in [5.41, 5.74) is 2.62. The predicted molar refractivity (Wildman–Crippen MR) is 113 cm³/mol. The molecule has 0 spiro atoms. The van der Waals surface area contributed by atoms with Gasteiger partial charge in [0.15, 0.2) is 5.96 Å². The van der Waals surface area contributed by atoms with E-state index >= 15 is 0 Å². The van der Waals surface area contributed by atoms with Crippen molar-refractivity contribution >= 4 is 29.9 Å². The molecule has 6 nitrogen and oxygen atoms in total. The summed E-state index contributed by atoms with van der Waals surface area (Å²) in [7, 11) is 3.49. The summed E-state index contributed by atoms with van der Waals surface area (Å²) in [6.07, 6.45) is 0. The fourth-order valence-corrected chi connectivity index (χ4v) is 2.91. The molecule has 1 atom stereocenters. The van der Waals surface area contributed by atoms with Gasteiger partial charge in [-0.1, -0.05) is 29.8 Å². The lowest BCUT2D eigenvalue weighted by Crippen LogP contribution is -2.46. The maximum Gasteiger partial charge on any atom is 0.191 e. The topological polar surface area (TPSA) is 58.1 Å². The van der Waals surface area contributed by atoms with Crippen molar-refractivity contribution in [3.05, 3.63) is 35.4 Å². The number of hydrogen-bond acceptors (Lipinski definition) is 4. The van der Waals surface area contributed by atoms with Crippen LogP contribution in [0, 0.1) is 6.92 Å². The Kier molecular flexibility index (Phi) is 11.0. The maximum absolute atomic E-state index is 5.51. The average molecular weight is 462 g/mol. The highest BCUT2D eigenvalue weighted by molar-refractivity contribution is 14.0. The Balaban J connectivity index is 0.00000312. The van der Waals surface area contributed by atoms with Crippen molar-refractivity contribution in [2.75, 3.05) is 60.2 Å². The van der Waals surface area contributed by atoms with Crippen LogP contribution in [0.15, 0.2) is 29.3 Å². The lowest BCUT2D eigenvalue weighted by molar-refractivity contribution is 0.0170. The van der Waals surface area contributed by atoms with Gasteiger partial charge in [0.25, 0.3) is 0 Å². The molecule has 1 aromatic rings. The molecule has 1 aromatic carbocycles. The summed E-state index contributed by atoms with van der Waals surface area (Å²) in [4.78, 5) is 6.76. The molecule has 0 aliphatic carbocycles. The Morgan fingerprint density at radius 2 is 2.08 bits per heavy atom. The third kappa shape index (κ3) is 7.47. The van der Waals surface area contributed by atoms with Crippen molar-refractivity contribution < 1.29 is 9.47 Å². The van der Waals surface area contributed by atoms with Crippen molar-refractivity contribution in [3.8, 4) is 0 Å². The number of methoxy groups -OCH3 is 1. The number of morpholine rings is 1. The molecular formula is C18H31IN4O2. The highest BCUT2D eigenvalue weighted by Gasteiger charge is 2.22. The standard InChI is InChI=1S/C18H30N4O2.HI/c1-15-5-4-6-16(13-15)17(22-8-11-24-12-9-22)14-21-18(19-2)20-7-10-23-3;/h4-6,13,17H,7-12,14H2,1-3H3,(H2,19,20,21);1H. The molecule has 1 fully saturated rings. The Bertz CT molecular complexity index is 522. The van der Waals surface area contributed by atoms with Crippen LogP contribution in [0.1, 0.15) is 17.2 Å². The fraction of sp³-hybridized carbons (Fsp3) is 0.611. The second kappa shape index (κ2) is 12.5. The zero-order valence-corrected chi connectivity index (χ0v) is 17.8. The summed E-state index contributed by atoms with van der Waals surface area (Å²) in [5.74, 6) is 0.804. The van der Waals surface area contributed by atoms with Crippen LogP contribution in [0.3, 0.4) is 0 Å². The zero-order chi connectivity index (χ0) is 17.2. The summed E-state index contributed by atoms with van der Waals surface area (Å²) in [6, 6.07) is 9.04. The van der Waals surface area contributed by atoms with Gasteiger partial charge in [0.05, 0.1) is 25.9 Å². The van der Waals surface area contributed by atoms with Gasteiger partial charge in [0.2, 0.25) is 0 Å². The van der Waals surface area contributed by atoms with Crippen molar-refractivity contribution in [2.45, 2.75) is 13.0 Å². The van der Waals surface area contributed by atoms with Crippen LogP contribution in [0.5, 0.6) is 0 Å². The lowest BCUT2D eigenvalue weighted by atomic mass is 10.0. The van der Waals surface area contributed by atoms with Gasteiger partial charge in [0.1, 0.15) is 0 Å². The molecule has 2 N–H and O–H groups in total. The smallest absolute Gasteiger partial charge is 0.191 e. The molecule has 0 amide bonds. The Labute approximate surface area is 168 Å². The first-order valence-corrected chi connectivity index (χ1v) is 8.56. The first-order valence-electron chi connectivity index (χ1n) is 8.56. The van der Waals surface area contributed by atoms with Crippen LogP contribution in [-0.4, -0.2) is 71.0 Å². The molecule has 1 heterocycles. The normalized spacial score (nSPS) is 16.8. The largest absolute Gasteiger partial charge is 0.383 e. The van der Waals surface area contributed by atoms with Crippen LogP contribution in [-0.2, 0) is 9.47 Å². The molecular weight excluding hydrogens is 431 g/mol. The molecule has 1 saturated heterocycles. The molecule has 25 heavy (non-hydrogen) atoms. The third-order valence-electron chi connectivity index (χ3n) is 4.20. The van der Waals surface area contributed by atoms with Crippen LogP contribution in [0.4, 0.5) is 0 Å². The van der Waals surface area contributed by atoms with Gasteiger partial charge in [0, 0.05) is 40.3 Å². The maximum atomic E-state index is 5.51. The summed E-state index contributed by atoms with van der Waals surface area (Å²) < 4.78 is 10.6. The Morgan fingerprint density at radius 1 is 1.32 bits per heavy atom. The van der Waals surface area contributed by atoms with E-state index in [0.717, 1.165) is 45.4 Å². The first-order chi connectivity index (χ1) is 11.7. The van der Waals surface area contributed by atoms with Gasteiger partial charge in [-0.15, -0.1) is 24.0 Å². The number of benzene rings is 1. The summed E-state index contributed by atoms with van der Waals surface area (Å²) >= 11 is 0. The lowest BCUT2D eigenvalue weighted by Gasteiger charge is -2.35. The zero-order valence-electron chi connectivity index (χ0n) is 15.5. The van der Waals surface area contributed by atoms with E-state index in [1.165, 1.54) is 11.1 Å². The van der Waals surface area contributed by atoms with Crippen LogP contribution < -0.4 is 10.6 Å². The number of aliphatic imine (C=N–C) groups is 1. The minimum absolute atomic E-state index is 0. The van der Waals surface area contributed by atoms with Crippen molar-refractivity contribution in [3.63, 3.8) is 0 Å². The molecule has 142 valence electrons. The quantitative estimate of drug-likeness (QED) is 0.280. The van der Waals surface area contributed by atoms with E-state index in [4.69, 9.17) is 9.47 Å². The van der Waals surface area contributed by atoms with Crippen LogP contribution >= 0.6 is 24.0 Å². The van der Waals surface area contributed by atoms with Crippen LogP contribution in [0.25, 0.3) is 0 Å². The molecule has 0 bridgehead atoms. The molecule has 1 unspecified atom stereocenters. The van der Waals surface area contributed by atoms with Crippen molar-refractivity contribution in [2.24, 2.45) is 4.99 Å². The van der Waals surface area contributed by atoms with E-state index < -0.39 is 0 Å². The number of nitrogens with zero attached hydrogens (tertiary/aromatic N) is 2. The third-order valence-corrected chi connectivity index (χ3v) is 4.20. The minimum atomic E-state index is 0. The summed E-state index contributed by atoms with van der Waals surface area (Å²) in [6.45, 7) is 7.83. The summed E-state index contributed by atoms with van der Waals surface area (Å²) in [5, 5.41) is 6.71. The number of guanidine groups is 1. The van der Waals surface area contributed by atoms with Crippen molar-refractivity contribution in [1.29, 1.82) is 0 Å². The molecule has 0 radical (unpaired) electrons. The minimum Gasteiger partial charge on any atom is -0.383 e. The molecule has 0 saturated carbocycles. The highest BCUT2D eigenvalue weighted by Crippen LogP contribution is 2.22. The van der Waals surface area contributed by atoms with Crippen molar-refractivity contribution in [1.82, 2.24) is 15.5 Å². The van der Waals surface area contributed by atoms with Gasteiger partial charge in [-0.3, -0.25) is 9.89 Å². The van der Waals surface area contributed by atoms with E-state index in [-0.39, 0.29) is 24.0 Å². The van der Waals surface area contributed by atoms with E-state index in [9.17, 15) is 0 Å². The van der Waals surface area contributed by atoms with E-state index in [0.29, 0.717) is 12.6 Å². The number of rotatable bonds is 7. The molecule has 7 heteroatoms.